The van der Waals surface area contributed by atoms with Crippen molar-refractivity contribution in [3.63, 3.8) is 0 Å². The first-order valence-corrected chi connectivity index (χ1v) is 8.86. The molecule has 0 amide bonds. The summed E-state index contributed by atoms with van der Waals surface area (Å²) in [5.41, 5.74) is 0. The van der Waals surface area contributed by atoms with Gasteiger partial charge < -0.3 is 0 Å². The zero-order chi connectivity index (χ0) is 16.1. The van der Waals surface area contributed by atoms with Crippen molar-refractivity contribution in [3.8, 4) is 0 Å². The van der Waals surface area contributed by atoms with Gasteiger partial charge in [-0.25, -0.2) is 0 Å². The fourth-order valence-electron chi connectivity index (χ4n) is 2.10. The molecule has 0 aromatic heterocycles. The standard InChI is InChI=1S/C22H34/c1-3-5-7-9-11-13-15-17-19-21-22-20-18-16-14-12-10-8-6-4-2/h3,5,7,9,11,13,15,17,19,21-22H,1,4,6,8,10,12,14,16,18,20H2,2H3/b7-5-,11-9+,15-13?,19-17?,22-21?. The summed E-state index contributed by atoms with van der Waals surface area (Å²) in [6.45, 7) is 5.89. The quantitative estimate of drug-likeness (QED) is 0.230. The maximum absolute atomic E-state index is 3.62. The average molecular weight is 299 g/mol. The van der Waals surface area contributed by atoms with Crippen LogP contribution in [-0.2, 0) is 0 Å². The van der Waals surface area contributed by atoms with Gasteiger partial charge in [-0.3, -0.25) is 0 Å². The molecule has 0 aliphatic rings. The van der Waals surface area contributed by atoms with Crippen LogP contribution in [0.3, 0.4) is 0 Å². The number of hydrogen-bond donors (Lipinski definition) is 0. The van der Waals surface area contributed by atoms with Crippen molar-refractivity contribution in [3.05, 3.63) is 73.4 Å². The molecular formula is C22H34. The molecule has 0 heteroatoms. The van der Waals surface area contributed by atoms with Crippen LogP contribution in [0, 0.1) is 0 Å². The number of hydrogen-bond acceptors (Lipinski definition) is 0. The van der Waals surface area contributed by atoms with Crippen LogP contribution in [-0.4, -0.2) is 0 Å². The molecule has 0 saturated carbocycles. The summed E-state index contributed by atoms with van der Waals surface area (Å²) >= 11 is 0. The summed E-state index contributed by atoms with van der Waals surface area (Å²) in [4.78, 5) is 0. The Kier molecular flexibility index (Phi) is 18.1. The Morgan fingerprint density at radius 3 is 1.55 bits per heavy atom. The van der Waals surface area contributed by atoms with Gasteiger partial charge in [0.1, 0.15) is 0 Å². The van der Waals surface area contributed by atoms with E-state index in [-0.39, 0.29) is 0 Å². The van der Waals surface area contributed by atoms with Crippen molar-refractivity contribution >= 4 is 0 Å². The van der Waals surface area contributed by atoms with Gasteiger partial charge in [0.2, 0.25) is 0 Å². The van der Waals surface area contributed by atoms with Crippen LogP contribution in [0.1, 0.15) is 64.7 Å². The predicted octanol–water partition coefficient (Wildman–Crippen LogP) is 7.48. The number of unbranched alkanes of at least 4 members (excludes halogenated alkanes) is 8. The van der Waals surface area contributed by atoms with Gasteiger partial charge in [-0.2, -0.15) is 0 Å². The molecule has 22 heavy (non-hydrogen) atoms. The first kappa shape index (κ1) is 20.4. The van der Waals surface area contributed by atoms with Gasteiger partial charge in [-0.1, -0.05) is 125 Å². The first-order chi connectivity index (χ1) is 10.9. The maximum Gasteiger partial charge on any atom is -0.0348 e. The molecule has 0 bridgehead atoms. The van der Waals surface area contributed by atoms with Crippen molar-refractivity contribution in [2.24, 2.45) is 0 Å². The lowest BCUT2D eigenvalue weighted by molar-refractivity contribution is 0.577. The minimum absolute atomic E-state index is 1.20. The summed E-state index contributed by atoms with van der Waals surface area (Å²) in [5, 5.41) is 0. The molecule has 0 heterocycles. The van der Waals surface area contributed by atoms with E-state index in [9.17, 15) is 0 Å². The summed E-state index contributed by atoms with van der Waals surface area (Å²) in [7, 11) is 0. The Labute approximate surface area is 138 Å². The molecule has 0 N–H and O–H groups in total. The van der Waals surface area contributed by atoms with Gasteiger partial charge >= 0.3 is 0 Å². The highest BCUT2D eigenvalue weighted by molar-refractivity contribution is 5.18. The van der Waals surface area contributed by atoms with E-state index in [1.807, 2.05) is 36.5 Å². The Balaban J connectivity index is 3.41. The van der Waals surface area contributed by atoms with E-state index in [4.69, 9.17) is 0 Å². The Morgan fingerprint density at radius 2 is 1.00 bits per heavy atom. The minimum Gasteiger partial charge on any atom is -0.0991 e. The van der Waals surface area contributed by atoms with Crippen molar-refractivity contribution in [2.75, 3.05) is 0 Å². The normalized spacial score (nSPS) is 12.8. The molecule has 0 atom stereocenters. The molecule has 0 fully saturated rings. The highest BCUT2D eigenvalue weighted by Gasteiger charge is 1.89. The van der Waals surface area contributed by atoms with Crippen LogP contribution in [0.5, 0.6) is 0 Å². The zero-order valence-corrected chi connectivity index (χ0v) is 14.4. The Bertz CT molecular complexity index is 363. The molecule has 0 radical (unpaired) electrons. The smallest absolute Gasteiger partial charge is 0.0348 e. The van der Waals surface area contributed by atoms with E-state index in [0.717, 1.165) is 0 Å². The van der Waals surface area contributed by atoms with Gasteiger partial charge in [-0.05, 0) is 12.8 Å². The number of allylic oxidation sites excluding steroid dienone is 11. The molecule has 0 saturated heterocycles. The summed E-state index contributed by atoms with van der Waals surface area (Å²) < 4.78 is 0. The third-order valence-electron chi connectivity index (χ3n) is 3.39. The second kappa shape index (κ2) is 19.4. The maximum atomic E-state index is 3.62. The van der Waals surface area contributed by atoms with E-state index < -0.39 is 0 Å². The van der Waals surface area contributed by atoms with Gasteiger partial charge in [0, 0.05) is 0 Å². The lowest BCUT2D eigenvalue weighted by atomic mass is 10.1. The molecule has 0 aliphatic carbocycles. The predicted molar refractivity (Wildman–Crippen MR) is 103 cm³/mol. The lowest BCUT2D eigenvalue weighted by Crippen LogP contribution is -1.79. The largest absolute Gasteiger partial charge is 0.0991 e. The highest BCUT2D eigenvalue weighted by atomic mass is 14.0. The van der Waals surface area contributed by atoms with Crippen LogP contribution < -0.4 is 0 Å². The Hall–Kier alpha value is -1.56. The molecule has 122 valence electrons. The summed E-state index contributed by atoms with van der Waals surface area (Å²) in [5.74, 6) is 0. The second-order valence-electron chi connectivity index (χ2n) is 5.47. The first-order valence-electron chi connectivity index (χ1n) is 8.86. The summed E-state index contributed by atoms with van der Waals surface area (Å²) in [6, 6.07) is 0. The SMILES string of the molecule is C=C/C=C\C=C\C=CC=CC=CCCCCCCCCCC. The van der Waals surface area contributed by atoms with Crippen molar-refractivity contribution in [1.82, 2.24) is 0 Å². The summed E-state index contributed by atoms with van der Waals surface area (Å²) in [6.07, 6.45) is 34.6. The molecule has 0 aliphatic heterocycles. The molecule has 0 aromatic rings. The van der Waals surface area contributed by atoms with E-state index >= 15 is 0 Å². The minimum atomic E-state index is 1.20. The van der Waals surface area contributed by atoms with Gasteiger partial charge in [0.05, 0.1) is 0 Å². The zero-order valence-electron chi connectivity index (χ0n) is 14.4. The van der Waals surface area contributed by atoms with Gasteiger partial charge in [-0.15, -0.1) is 0 Å². The van der Waals surface area contributed by atoms with Crippen LogP contribution in [0.25, 0.3) is 0 Å². The van der Waals surface area contributed by atoms with E-state index in [2.05, 4.69) is 37.8 Å². The molecule has 0 unspecified atom stereocenters. The average Bonchev–Trinajstić information content (AvgIpc) is 2.54. The number of rotatable bonds is 14. The van der Waals surface area contributed by atoms with Crippen molar-refractivity contribution in [1.29, 1.82) is 0 Å². The van der Waals surface area contributed by atoms with Crippen LogP contribution in [0.2, 0.25) is 0 Å². The fourth-order valence-corrected chi connectivity index (χ4v) is 2.10. The molecule has 0 nitrogen and oxygen atoms in total. The highest BCUT2D eigenvalue weighted by Crippen LogP contribution is 2.09. The fraction of sp³-hybridized carbons (Fsp3) is 0.455. The lowest BCUT2D eigenvalue weighted by Gasteiger charge is -1.99. The monoisotopic (exact) mass is 298 g/mol. The van der Waals surface area contributed by atoms with Crippen LogP contribution >= 0.6 is 0 Å². The van der Waals surface area contributed by atoms with Crippen LogP contribution in [0.15, 0.2) is 73.4 Å². The molecule has 0 aromatic carbocycles. The van der Waals surface area contributed by atoms with E-state index in [1.54, 1.807) is 6.08 Å². The molecule has 0 rings (SSSR count). The second-order valence-corrected chi connectivity index (χ2v) is 5.47. The third-order valence-corrected chi connectivity index (χ3v) is 3.39. The van der Waals surface area contributed by atoms with Gasteiger partial charge in [0.15, 0.2) is 0 Å². The molecule has 0 spiro atoms. The Morgan fingerprint density at radius 1 is 0.545 bits per heavy atom. The van der Waals surface area contributed by atoms with E-state index in [1.165, 1.54) is 57.8 Å². The molecular weight excluding hydrogens is 264 g/mol. The van der Waals surface area contributed by atoms with Crippen molar-refractivity contribution in [2.45, 2.75) is 64.7 Å². The topological polar surface area (TPSA) is 0 Å². The van der Waals surface area contributed by atoms with Crippen LogP contribution in [0.4, 0.5) is 0 Å². The van der Waals surface area contributed by atoms with E-state index in [0.29, 0.717) is 0 Å². The van der Waals surface area contributed by atoms with Crippen molar-refractivity contribution < 1.29 is 0 Å². The third kappa shape index (κ3) is 18.4. The van der Waals surface area contributed by atoms with Gasteiger partial charge in [0.25, 0.3) is 0 Å².